The maximum Gasteiger partial charge on any atom is 0.257 e. The number of benzene rings is 2. The summed E-state index contributed by atoms with van der Waals surface area (Å²) in [5, 5.41) is 10.5. The minimum absolute atomic E-state index is 0.321. The number of carbonyl (C=O) groups is 1. The Morgan fingerprint density at radius 3 is 2.43 bits per heavy atom. The van der Waals surface area contributed by atoms with E-state index in [1.54, 1.807) is 19.1 Å². The third-order valence-electron chi connectivity index (χ3n) is 4.73. The molecular formula is C21H26N2O4S. The number of hydrogen-bond donors (Lipinski definition) is 1. The molecule has 0 aromatic heterocycles. The van der Waals surface area contributed by atoms with Crippen LogP contribution in [-0.2, 0) is 4.79 Å². The predicted molar refractivity (Wildman–Crippen MR) is 111 cm³/mol. The molecule has 2 aromatic carbocycles. The lowest BCUT2D eigenvalue weighted by molar-refractivity contribution is -0.126. The highest BCUT2D eigenvalue weighted by molar-refractivity contribution is 7.99. The molecule has 150 valence electrons. The number of hydrogen-bond acceptors (Lipinski definition) is 6. The third-order valence-corrected chi connectivity index (χ3v) is 6.09. The number of likely N-dealkylation sites (N-methyl/N-ethyl adjacent to an activating group) is 1. The molecule has 1 amide bonds. The van der Waals surface area contributed by atoms with Crippen LogP contribution in [0.15, 0.2) is 47.4 Å². The number of ether oxygens (including phenoxy) is 2. The molecule has 3 rings (SSSR count). The van der Waals surface area contributed by atoms with Crippen LogP contribution in [0.3, 0.4) is 0 Å². The van der Waals surface area contributed by atoms with Crippen molar-refractivity contribution >= 4 is 23.4 Å². The van der Waals surface area contributed by atoms with Crippen molar-refractivity contribution in [2.75, 3.05) is 46.3 Å². The predicted octanol–water partition coefficient (Wildman–Crippen LogP) is 2.81. The van der Waals surface area contributed by atoms with E-state index in [1.807, 2.05) is 61.5 Å². The molecule has 0 saturated carbocycles. The number of anilines is 1. The average Bonchev–Trinajstić information content (AvgIpc) is 2.81. The van der Waals surface area contributed by atoms with Crippen LogP contribution < -0.4 is 14.4 Å². The topological polar surface area (TPSA) is 62.2 Å². The van der Waals surface area contributed by atoms with Gasteiger partial charge in [0.25, 0.3) is 5.91 Å². The Kier molecular flexibility index (Phi) is 6.49. The minimum atomic E-state index is -1.17. The van der Waals surface area contributed by atoms with Crippen LogP contribution >= 0.6 is 11.8 Å². The summed E-state index contributed by atoms with van der Waals surface area (Å²) in [4.78, 5) is 17.8. The lowest BCUT2D eigenvalue weighted by Crippen LogP contribution is -2.43. The van der Waals surface area contributed by atoms with E-state index in [0.29, 0.717) is 18.8 Å². The van der Waals surface area contributed by atoms with Crippen molar-refractivity contribution in [3.05, 3.63) is 48.0 Å². The molecule has 1 aliphatic rings. The largest absolute Gasteiger partial charge is 0.497 e. The summed E-state index contributed by atoms with van der Waals surface area (Å²) in [6, 6.07) is 13.2. The first-order valence-corrected chi connectivity index (χ1v) is 9.96. The molecule has 1 heterocycles. The Hall–Kier alpha value is -2.22. The van der Waals surface area contributed by atoms with Crippen LogP contribution in [0.2, 0.25) is 0 Å². The Morgan fingerprint density at radius 2 is 1.82 bits per heavy atom. The molecule has 6 nitrogen and oxygen atoms in total. The van der Waals surface area contributed by atoms with Gasteiger partial charge >= 0.3 is 0 Å². The van der Waals surface area contributed by atoms with Crippen molar-refractivity contribution in [1.29, 1.82) is 0 Å². The summed E-state index contributed by atoms with van der Waals surface area (Å²) in [5.41, 5.74) is 1.59. The number of fused-ring (bicyclic) bond motifs is 1. The van der Waals surface area contributed by atoms with Crippen molar-refractivity contribution in [2.45, 2.75) is 16.2 Å². The molecule has 0 fully saturated rings. The molecular weight excluding hydrogens is 376 g/mol. The van der Waals surface area contributed by atoms with Crippen LogP contribution in [0.1, 0.15) is 10.8 Å². The zero-order chi connectivity index (χ0) is 20.3. The molecule has 0 aliphatic carbocycles. The van der Waals surface area contributed by atoms with Gasteiger partial charge in [-0.2, -0.15) is 0 Å². The molecule has 0 radical (unpaired) electrons. The number of para-hydroxylation sites is 1. The molecule has 0 spiro atoms. The quantitative estimate of drug-likeness (QED) is 0.802. The van der Waals surface area contributed by atoms with Gasteiger partial charge in [0.1, 0.15) is 17.6 Å². The lowest BCUT2D eigenvalue weighted by Gasteiger charge is -2.27. The highest BCUT2D eigenvalue weighted by atomic mass is 32.2. The monoisotopic (exact) mass is 402 g/mol. The van der Waals surface area contributed by atoms with Crippen molar-refractivity contribution < 1.29 is 19.4 Å². The number of methoxy groups -OCH3 is 2. The standard InChI is InChI=1S/C21H26N2O4S/c1-22(2)12-13-23-18-16(27-4)6-5-7-17(18)28-20(19(24)21(23)25)14-8-10-15(26-3)11-9-14/h5-11,19-20,24H,12-13H2,1-4H3/t19-,20+/m0/s1. The first-order valence-electron chi connectivity index (χ1n) is 9.08. The maximum atomic E-state index is 13.3. The maximum absolute atomic E-state index is 13.3. The van der Waals surface area contributed by atoms with Crippen LogP contribution in [0.25, 0.3) is 0 Å². The fraction of sp³-hybridized carbons (Fsp3) is 0.381. The Balaban J connectivity index is 2.05. The van der Waals surface area contributed by atoms with E-state index >= 15 is 0 Å². The molecule has 2 aromatic rings. The number of nitrogens with zero attached hydrogens (tertiary/aromatic N) is 2. The summed E-state index contributed by atoms with van der Waals surface area (Å²) < 4.78 is 10.8. The van der Waals surface area contributed by atoms with Gasteiger partial charge in [0.2, 0.25) is 0 Å². The fourth-order valence-electron chi connectivity index (χ4n) is 3.19. The van der Waals surface area contributed by atoms with E-state index in [-0.39, 0.29) is 5.91 Å². The van der Waals surface area contributed by atoms with E-state index in [1.165, 1.54) is 11.8 Å². The van der Waals surface area contributed by atoms with Gasteiger partial charge in [-0.25, -0.2) is 0 Å². The van der Waals surface area contributed by atoms with Crippen LogP contribution in [0, 0.1) is 0 Å². The highest BCUT2D eigenvalue weighted by Crippen LogP contribution is 2.49. The Labute approximate surface area is 170 Å². The van der Waals surface area contributed by atoms with Gasteiger partial charge in [0.15, 0.2) is 0 Å². The van der Waals surface area contributed by atoms with Gasteiger partial charge in [0.05, 0.1) is 25.2 Å². The average molecular weight is 403 g/mol. The zero-order valence-corrected chi connectivity index (χ0v) is 17.4. The van der Waals surface area contributed by atoms with Gasteiger partial charge in [-0.1, -0.05) is 18.2 Å². The fourth-order valence-corrected chi connectivity index (χ4v) is 4.49. The van der Waals surface area contributed by atoms with Crippen LogP contribution in [-0.4, -0.2) is 63.4 Å². The van der Waals surface area contributed by atoms with Crippen molar-refractivity contribution in [1.82, 2.24) is 4.90 Å². The molecule has 1 aliphatic heterocycles. The number of carbonyl (C=O) groups excluding carboxylic acids is 1. The van der Waals surface area contributed by atoms with Gasteiger partial charge in [0, 0.05) is 18.0 Å². The van der Waals surface area contributed by atoms with E-state index < -0.39 is 11.4 Å². The van der Waals surface area contributed by atoms with Crippen molar-refractivity contribution in [3.8, 4) is 11.5 Å². The molecule has 2 atom stereocenters. The van der Waals surface area contributed by atoms with Crippen molar-refractivity contribution in [3.63, 3.8) is 0 Å². The minimum Gasteiger partial charge on any atom is -0.497 e. The molecule has 1 N–H and O–H groups in total. The third kappa shape index (κ3) is 4.11. The summed E-state index contributed by atoms with van der Waals surface area (Å²) in [5.74, 6) is 1.04. The molecule has 0 saturated heterocycles. The first kappa shape index (κ1) is 20.5. The molecule has 0 unspecified atom stereocenters. The van der Waals surface area contributed by atoms with Gasteiger partial charge in [-0.15, -0.1) is 11.8 Å². The Bertz CT molecular complexity index is 826. The summed E-state index contributed by atoms with van der Waals surface area (Å²) >= 11 is 1.48. The number of aliphatic hydroxyl groups excluding tert-OH is 1. The summed E-state index contributed by atoms with van der Waals surface area (Å²) in [6.07, 6.45) is -1.17. The van der Waals surface area contributed by atoms with E-state index in [2.05, 4.69) is 0 Å². The lowest BCUT2D eigenvalue weighted by atomic mass is 10.1. The number of amides is 1. The zero-order valence-electron chi connectivity index (χ0n) is 16.6. The van der Waals surface area contributed by atoms with Crippen LogP contribution in [0.4, 0.5) is 5.69 Å². The first-order chi connectivity index (χ1) is 13.5. The second-order valence-corrected chi connectivity index (χ2v) is 8.04. The molecule has 28 heavy (non-hydrogen) atoms. The smallest absolute Gasteiger partial charge is 0.257 e. The van der Waals surface area contributed by atoms with E-state index in [9.17, 15) is 9.90 Å². The highest BCUT2D eigenvalue weighted by Gasteiger charge is 2.38. The Morgan fingerprint density at radius 1 is 1.11 bits per heavy atom. The number of aliphatic hydroxyl groups is 1. The number of rotatable bonds is 6. The van der Waals surface area contributed by atoms with Crippen molar-refractivity contribution in [2.24, 2.45) is 0 Å². The molecule has 0 bridgehead atoms. The summed E-state index contributed by atoms with van der Waals surface area (Å²) in [7, 11) is 7.11. The van der Waals surface area contributed by atoms with E-state index in [0.717, 1.165) is 21.9 Å². The number of thioether (sulfide) groups is 1. The SMILES string of the molecule is COc1ccc([C@H]2Sc3cccc(OC)c3N(CCN(C)C)C(=O)[C@H]2O)cc1. The van der Waals surface area contributed by atoms with Gasteiger partial charge in [-0.3, -0.25) is 4.79 Å². The van der Waals surface area contributed by atoms with Crippen LogP contribution in [0.5, 0.6) is 11.5 Å². The second-order valence-electron chi connectivity index (χ2n) is 6.86. The normalized spacial score (nSPS) is 19.4. The van der Waals surface area contributed by atoms with E-state index in [4.69, 9.17) is 9.47 Å². The van der Waals surface area contributed by atoms with Gasteiger partial charge in [-0.05, 0) is 43.9 Å². The second kappa shape index (κ2) is 8.86. The van der Waals surface area contributed by atoms with Gasteiger partial charge < -0.3 is 24.4 Å². The molecule has 7 heteroatoms. The summed E-state index contributed by atoms with van der Waals surface area (Å²) in [6.45, 7) is 1.14.